The van der Waals surface area contributed by atoms with Gasteiger partial charge in [-0.3, -0.25) is 0 Å². The number of rotatable bonds is 18. The molecule has 0 spiro atoms. The Balaban J connectivity index is 1.12. The topological polar surface area (TPSA) is 182 Å². The monoisotopic (exact) mass is 888 g/mol. The maximum absolute atomic E-state index is 12.3. The molecule has 4 aromatic rings. The molecule has 64 heavy (non-hydrogen) atoms. The van der Waals surface area contributed by atoms with Crippen molar-refractivity contribution in [3.05, 3.63) is 144 Å². The van der Waals surface area contributed by atoms with Gasteiger partial charge in [-0.15, -0.1) is 0 Å². The van der Waals surface area contributed by atoms with E-state index in [-0.39, 0.29) is 26.4 Å². The lowest BCUT2D eigenvalue weighted by molar-refractivity contribution is -0.389. The van der Waals surface area contributed by atoms with Gasteiger partial charge in [-0.1, -0.05) is 121 Å². The van der Waals surface area contributed by atoms with E-state index >= 15 is 0 Å². The van der Waals surface area contributed by atoms with Crippen LogP contribution in [0.3, 0.4) is 0 Å². The highest BCUT2D eigenvalue weighted by molar-refractivity contribution is 5.16. The molecule has 15 atom stereocenters. The van der Waals surface area contributed by atoms with Gasteiger partial charge in [0.05, 0.1) is 45.7 Å². The van der Waals surface area contributed by atoms with Crippen molar-refractivity contribution in [1.29, 1.82) is 0 Å². The summed E-state index contributed by atoms with van der Waals surface area (Å²) in [6.07, 6.45) is -16.6. The van der Waals surface area contributed by atoms with Crippen LogP contribution in [0.15, 0.2) is 121 Å². The molecule has 4 N–H and O–H groups in total. The van der Waals surface area contributed by atoms with Gasteiger partial charge < -0.3 is 72.5 Å². The fourth-order valence-electron chi connectivity index (χ4n) is 8.65. The molecule has 4 heterocycles. The zero-order chi connectivity index (χ0) is 44.6. The number of hydrogen-bond donors (Lipinski definition) is 4. The fourth-order valence-corrected chi connectivity index (χ4v) is 8.65. The SMILES string of the molecule is C[C@@H]1O[C@@H](O[C@@H]2[C@@H](O)[C@H](OCc3ccccc3)O[C@H](CO)[C@H]2O[C@@H]2O[C@H](CO)[C@@H]3OC(C)(C)O[C@@H]3[C@H]2O)[C@@H](OCc2ccccc2)[C@H](OCc2ccccc2)[C@@H]1OCc1ccccc1. The molecule has 4 aromatic carbocycles. The maximum atomic E-state index is 12.3. The van der Waals surface area contributed by atoms with Gasteiger partial charge in [0.15, 0.2) is 24.7 Å². The molecule has 4 fully saturated rings. The Kier molecular flexibility index (Phi) is 15.9. The van der Waals surface area contributed by atoms with Crippen molar-refractivity contribution in [1.82, 2.24) is 0 Å². The van der Waals surface area contributed by atoms with Crippen molar-refractivity contribution in [3.8, 4) is 0 Å². The zero-order valence-corrected chi connectivity index (χ0v) is 36.2. The number of hydrogen-bond acceptors (Lipinski definition) is 15. The molecule has 4 aliphatic heterocycles. The van der Waals surface area contributed by atoms with Crippen molar-refractivity contribution in [2.75, 3.05) is 13.2 Å². The van der Waals surface area contributed by atoms with Crippen LogP contribution < -0.4 is 0 Å². The highest BCUT2D eigenvalue weighted by Crippen LogP contribution is 2.40. The number of benzene rings is 4. The van der Waals surface area contributed by atoms with Gasteiger partial charge >= 0.3 is 0 Å². The quantitative estimate of drug-likeness (QED) is 0.112. The van der Waals surface area contributed by atoms with Crippen LogP contribution in [-0.2, 0) is 78.5 Å². The van der Waals surface area contributed by atoms with Crippen molar-refractivity contribution in [3.63, 3.8) is 0 Å². The molecular formula is C49H60O15. The molecule has 0 unspecified atom stereocenters. The zero-order valence-electron chi connectivity index (χ0n) is 36.2. The van der Waals surface area contributed by atoms with Crippen molar-refractivity contribution >= 4 is 0 Å². The molecular weight excluding hydrogens is 829 g/mol. The van der Waals surface area contributed by atoms with Crippen molar-refractivity contribution in [2.45, 2.75) is 145 Å². The predicted octanol–water partition coefficient (Wildman–Crippen LogP) is 4.15. The summed E-state index contributed by atoms with van der Waals surface area (Å²) in [6, 6.07) is 38.5. The summed E-state index contributed by atoms with van der Waals surface area (Å²) in [4.78, 5) is 0. The van der Waals surface area contributed by atoms with E-state index in [0.29, 0.717) is 0 Å². The lowest BCUT2D eigenvalue weighted by atomic mass is 9.95. The van der Waals surface area contributed by atoms with E-state index in [1.54, 1.807) is 13.8 Å². The molecule has 0 aliphatic carbocycles. The van der Waals surface area contributed by atoms with Crippen LogP contribution in [0.25, 0.3) is 0 Å². The minimum atomic E-state index is -1.56. The molecule has 0 bridgehead atoms. The van der Waals surface area contributed by atoms with E-state index in [0.717, 1.165) is 22.3 Å². The third kappa shape index (κ3) is 11.3. The number of aliphatic hydroxyl groups excluding tert-OH is 4. The third-order valence-corrected chi connectivity index (χ3v) is 11.9. The van der Waals surface area contributed by atoms with Crippen LogP contribution in [-0.4, -0.2) is 132 Å². The standard InChI is InChI=1S/C49H60O15/c1-30-39(54-26-31-16-8-4-9-17-31)44(55-27-32-18-10-5-11-19-32)45(56-28-33-20-12-6-13-21-33)48(58-30)62-42-37(52)46(57-29-34-22-14-7-15-23-34)59-35(24-50)40(42)61-47-38(53)43-41(36(25-51)60-47)63-49(2,3)64-43/h4-23,30,35-48,50-53H,24-29H2,1-3H3/t30-,35+,36+,37+,38+,39+,40+,41-,42+,43+,44+,45-,46+,47-,48-/m0/s1. The van der Waals surface area contributed by atoms with Crippen LogP contribution >= 0.6 is 0 Å². The van der Waals surface area contributed by atoms with E-state index in [2.05, 4.69) is 0 Å². The lowest BCUT2D eigenvalue weighted by Gasteiger charge is -2.50. The first kappa shape index (κ1) is 46.8. The summed E-state index contributed by atoms with van der Waals surface area (Å²) in [6.45, 7) is 4.86. The number of ether oxygens (including phenoxy) is 11. The molecule has 4 aliphatic rings. The molecule has 0 amide bonds. The van der Waals surface area contributed by atoms with E-state index in [4.69, 9.17) is 52.1 Å². The minimum absolute atomic E-state index is 0.0629. The summed E-state index contributed by atoms with van der Waals surface area (Å²) in [5.41, 5.74) is 3.58. The van der Waals surface area contributed by atoms with E-state index in [1.807, 2.05) is 128 Å². The predicted molar refractivity (Wildman–Crippen MR) is 228 cm³/mol. The van der Waals surface area contributed by atoms with Gasteiger partial charge in [-0.05, 0) is 43.0 Å². The van der Waals surface area contributed by atoms with Crippen LogP contribution in [0.2, 0.25) is 0 Å². The average molecular weight is 889 g/mol. The van der Waals surface area contributed by atoms with Crippen molar-refractivity contribution < 1.29 is 72.5 Å². The smallest absolute Gasteiger partial charge is 0.187 e. The third-order valence-electron chi connectivity index (χ3n) is 11.9. The Bertz CT molecular complexity index is 1980. The molecule has 8 rings (SSSR count). The van der Waals surface area contributed by atoms with E-state index in [9.17, 15) is 20.4 Å². The van der Waals surface area contributed by atoms with Gasteiger partial charge in [0.2, 0.25) is 0 Å². The van der Waals surface area contributed by atoms with Gasteiger partial charge in [0.1, 0.15) is 67.1 Å². The van der Waals surface area contributed by atoms with E-state index < -0.39 is 111 Å². The average Bonchev–Trinajstić information content (AvgIpc) is 3.66. The van der Waals surface area contributed by atoms with Crippen LogP contribution in [0.5, 0.6) is 0 Å². The Morgan fingerprint density at radius 3 is 1.41 bits per heavy atom. The van der Waals surface area contributed by atoms with Crippen LogP contribution in [0.1, 0.15) is 43.0 Å². The first-order valence-electron chi connectivity index (χ1n) is 21.9. The molecule has 4 saturated heterocycles. The lowest BCUT2D eigenvalue weighted by Crippen LogP contribution is -2.67. The molecule has 346 valence electrons. The highest BCUT2D eigenvalue weighted by Gasteiger charge is 2.58. The number of aliphatic hydroxyl groups is 4. The summed E-state index contributed by atoms with van der Waals surface area (Å²) < 4.78 is 70.9. The minimum Gasteiger partial charge on any atom is -0.394 e. The van der Waals surface area contributed by atoms with E-state index in [1.165, 1.54) is 0 Å². The first-order valence-corrected chi connectivity index (χ1v) is 21.9. The molecule has 0 saturated carbocycles. The summed E-state index contributed by atoms with van der Waals surface area (Å²) in [5.74, 6) is -1.08. The largest absolute Gasteiger partial charge is 0.394 e. The molecule has 0 radical (unpaired) electrons. The normalized spacial score (nSPS) is 34.9. The Labute approximate surface area is 373 Å². The summed E-state index contributed by atoms with van der Waals surface area (Å²) >= 11 is 0. The molecule has 15 heteroatoms. The van der Waals surface area contributed by atoms with Crippen LogP contribution in [0, 0.1) is 0 Å². The fraction of sp³-hybridized carbons (Fsp3) is 0.510. The Morgan fingerprint density at radius 1 is 0.453 bits per heavy atom. The molecule has 15 nitrogen and oxygen atoms in total. The van der Waals surface area contributed by atoms with Gasteiger partial charge in [0, 0.05) is 0 Å². The van der Waals surface area contributed by atoms with Crippen LogP contribution in [0.4, 0.5) is 0 Å². The highest BCUT2D eigenvalue weighted by atomic mass is 16.8. The Hall–Kier alpha value is -3.72. The van der Waals surface area contributed by atoms with Crippen molar-refractivity contribution in [2.24, 2.45) is 0 Å². The number of fused-ring (bicyclic) bond motifs is 1. The van der Waals surface area contributed by atoms with Gasteiger partial charge in [-0.25, -0.2) is 0 Å². The second-order valence-electron chi connectivity index (χ2n) is 17.0. The maximum Gasteiger partial charge on any atom is 0.187 e. The molecule has 0 aromatic heterocycles. The first-order chi connectivity index (χ1) is 31.1. The second kappa shape index (κ2) is 21.7. The van der Waals surface area contributed by atoms with Gasteiger partial charge in [0.25, 0.3) is 0 Å². The second-order valence-corrected chi connectivity index (χ2v) is 17.0. The summed E-state index contributed by atoms with van der Waals surface area (Å²) in [7, 11) is 0. The summed E-state index contributed by atoms with van der Waals surface area (Å²) in [5, 5.41) is 45.3. The van der Waals surface area contributed by atoms with Gasteiger partial charge in [-0.2, -0.15) is 0 Å². The Morgan fingerprint density at radius 2 is 0.891 bits per heavy atom.